The summed E-state index contributed by atoms with van der Waals surface area (Å²) in [6, 6.07) is 4.33. The highest BCUT2D eigenvalue weighted by Crippen LogP contribution is 2.31. The van der Waals surface area contributed by atoms with Gasteiger partial charge in [-0.1, -0.05) is 11.3 Å². The van der Waals surface area contributed by atoms with Gasteiger partial charge in [-0.15, -0.1) is 0 Å². The fourth-order valence-corrected chi connectivity index (χ4v) is 2.80. The van der Waals surface area contributed by atoms with E-state index in [2.05, 4.69) is 9.97 Å². The summed E-state index contributed by atoms with van der Waals surface area (Å²) in [5.74, 6) is -1.91. The van der Waals surface area contributed by atoms with Crippen molar-refractivity contribution in [2.24, 2.45) is 0 Å². The van der Waals surface area contributed by atoms with Gasteiger partial charge >= 0.3 is 5.97 Å². The fraction of sp³-hybridized carbons (Fsp3) is 0.0714. The first-order valence-electron chi connectivity index (χ1n) is 6.10. The van der Waals surface area contributed by atoms with Crippen molar-refractivity contribution in [3.63, 3.8) is 0 Å². The number of fused-ring (bicyclic) bond motifs is 1. The molecule has 8 heteroatoms. The molecule has 0 unspecified atom stereocenters. The second-order valence-corrected chi connectivity index (χ2v) is 5.41. The predicted molar refractivity (Wildman–Crippen MR) is 78.5 cm³/mol. The zero-order valence-corrected chi connectivity index (χ0v) is 12.1. The molecule has 112 valence electrons. The topological polar surface area (TPSA) is 78.1 Å². The minimum Gasteiger partial charge on any atom is -0.465 e. The van der Waals surface area contributed by atoms with Gasteiger partial charge < -0.3 is 10.5 Å². The highest BCUT2D eigenvalue weighted by Gasteiger charge is 2.19. The quantitative estimate of drug-likeness (QED) is 0.734. The largest absolute Gasteiger partial charge is 0.465 e. The molecule has 0 atom stereocenters. The number of nitrogens with zero attached hydrogens (tertiary/aromatic N) is 2. The lowest BCUT2D eigenvalue weighted by Gasteiger charge is -2.06. The summed E-state index contributed by atoms with van der Waals surface area (Å²) in [6.07, 6.45) is 0. The van der Waals surface area contributed by atoms with E-state index in [0.717, 1.165) is 29.5 Å². The van der Waals surface area contributed by atoms with Crippen LogP contribution in [-0.2, 0) is 4.74 Å². The van der Waals surface area contributed by atoms with Gasteiger partial charge in [0.1, 0.15) is 11.6 Å². The lowest BCUT2D eigenvalue weighted by molar-refractivity contribution is 0.0603. The standard InChI is InChI=1S/C14H9F2N3O2S/c1-21-13(20)8-5-10(7-4-6(15)2-3-9(7)16)18-12-11(8)22-14(17)19-12/h2-5H,1H3,(H2,17,18,19). The number of esters is 1. The van der Waals surface area contributed by atoms with Crippen molar-refractivity contribution < 1.29 is 18.3 Å². The molecule has 2 heterocycles. The van der Waals surface area contributed by atoms with Gasteiger partial charge in [0.2, 0.25) is 0 Å². The lowest BCUT2D eigenvalue weighted by atomic mass is 10.1. The van der Waals surface area contributed by atoms with E-state index < -0.39 is 17.6 Å². The Morgan fingerprint density at radius 2 is 2.05 bits per heavy atom. The van der Waals surface area contributed by atoms with E-state index >= 15 is 0 Å². The summed E-state index contributed by atoms with van der Waals surface area (Å²) in [5.41, 5.74) is 5.97. The van der Waals surface area contributed by atoms with Crippen LogP contribution in [0.25, 0.3) is 21.6 Å². The fourth-order valence-electron chi connectivity index (χ4n) is 2.02. The molecule has 5 nitrogen and oxygen atoms in total. The molecule has 0 fully saturated rings. The third kappa shape index (κ3) is 2.37. The number of halogens is 2. The van der Waals surface area contributed by atoms with Gasteiger partial charge in [0.05, 0.1) is 23.1 Å². The Kier molecular flexibility index (Phi) is 3.45. The second kappa shape index (κ2) is 5.30. The molecule has 1 aromatic carbocycles. The van der Waals surface area contributed by atoms with Crippen LogP contribution in [0, 0.1) is 11.6 Å². The minimum absolute atomic E-state index is 0.0707. The number of thiazole rings is 1. The number of ether oxygens (including phenoxy) is 1. The van der Waals surface area contributed by atoms with E-state index in [1.54, 1.807) is 0 Å². The molecule has 0 amide bonds. The van der Waals surface area contributed by atoms with Crippen molar-refractivity contribution in [1.29, 1.82) is 0 Å². The number of pyridine rings is 1. The van der Waals surface area contributed by atoms with E-state index in [1.807, 2.05) is 0 Å². The lowest BCUT2D eigenvalue weighted by Crippen LogP contribution is -2.03. The maximum absolute atomic E-state index is 13.9. The molecule has 3 aromatic rings. The van der Waals surface area contributed by atoms with Crippen molar-refractivity contribution >= 4 is 32.8 Å². The number of aromatic nitrogens is 2. The van der Waals surface area contributed by atoms with Crippen LogP contribution in [0.3, 0.4) is 0 Å². The number of anilines is 1. The SMILES string of the molecule is COC(=O)c1cc(-c2cc(F)ccc2F)nc2nc(N)sc12. The first-order chi connectivity index (χ1) is 10.5. The molecular formula is C14H9F2N3O2S. The normalized spacial score (nSPS) is 10.9. The summed E-state index contributed by atoms with van der Waals surface area (Å²) in [4.78, 5) is 20.0. The van der Waals surface area contributed by atoms with Crippen molar-refractivity contribution in [2.75, 3.05) is 12.8 Å². The molecular weight excluding hydrogens is 312 g/mol. The predicted octanol–water partition coefficient (Wildman–Crippen LogP) is 3.01. The van der Waals surface area contributed by atoms with Gasteiger partial charge in [0, 0.05) is 5.56 Å². The summed E-state index contributed by atoms with van der Waals surface area (Å²) in [6.45, 7) is 0. The summed E-state index contributed by atoms with van der Waals surface area (Å²) < 4.78 is 32.4. The van der Waals surface area contributed by atoms with Gasteiger partial charge in [-0.25, -0.2) is 23.5 Å². The maximum atomic E-state index is 13.9. The van der Waals surface area contributed by atoms with Crippen molar-refractivity contribution in [3.8, 4) is 11.3 Å². The van der Waals surface area contributed by atoms with Crippen LogP contribution in [0.1, 0.15) is 10.4 Å². The zero-order chi connectivity index (χ0) is 15.9. The average molecular weight is 321 g/mol. The first-order valence-corrected chi connectivity index (χ1v) is 6.92. The van der Waals surface area contributed by atoms with Gasteiger partial charge in [-0.3, -0.25) is 0 Å². The summed E-state index contributed by atoms with van der Waals surface area (Å²) in [7, 11) is 1.22. The number of hydrogen-bond acceptors (Lipinski definition) is 6. The van der Waals surface area contributed by atoms with Crippen LogP contribution in [-0.4, -0.2) is 23.0 Å². The van der Waals surface area contributed by atoms with E-state index in [1.165, 1.54) is 13.2 Å². The molecule has 3 rings (SSSR count). The Hall–Kier alpha value is -2.61. The Morgan fingerprint density at radius 3 is 2.77 bits per heavy atom. The zero-order valence-electron chi connectivity index (χ0n) is 11.3. The molecule has 2 aromatic heterocycles. The molecule has 0 aliphatic carbocycles. The number of benzene rings is 1. The van der Waals surface area contributed by atoms with Gasteiger partial charge in [-0.2, -0.15) is 0 Å². The molecule has 0 spiro atoms. The van der Waals surface area contributed by atoms with E-state index in [4.69, 9.17) is 10.5 Å². The molecule has 0 aliphatic rings. The number of methoxy groups -OCH3 is 1. The number of rotatable bonds is 2. The monoisotopic (exact) mass is 321 g/mol. The maximum Gasteiger partial charge on any atom is 0.339 e. The smallest absolute Gasteiger partial charge is 0.339 e. The Morgan fingerprint density at radius 1 is 1.27 bits per heavy atom. The molecule has 2 N–H and O–H groups in total. The Bertz CT molecular complexity index is 895. The number of hydrogen-bond donors (Lipinski definition) is 1. The van der Waals surface area contributed by atoms with Crippen LogP contribution >= 0.6 is 11.3 Å². The molecule has 0 radical (unpaired) electrons. The van der Waals surface area contributed by atoms with Crippen LogP contribution in [0.2, 0.25) is 0 Å². The van der Waals surface area contributed by atoms with Crippen LogP contribution in [0.5, 0.6) is 0 Å². The third-order valence-electron chi connectivity index (χ3n) is 2.99. The van der Waals surface area contributed by atoms with Crippen LogP contribution in [0.15, 0.2) is 24.3 Å². The summed E-state index contributed by atoms with van der Waals surface area (Å²) in [5, 5.41) is 0.213. The van der Waals surface area contributed by atoms with Gasteiger partial charge in [0.25, 0.3) is 0 Å². The van der Waals surface area contributed by atoms with Crippen molar-refractivity contribution in [2.45, 2.75) is 0 Å². The van der Waals surface area contributed by atoms with Crippen molar-refractivity contribution in [3.05, 3.63) is 41.5 Å². The third-order valence-corrected chi connectivity index (χ3v) is 3.89. The number of nitrogen functional groups attached to an aromatic ring is 1. The summed E-state index contributed by atoms with van der Waals surface area (Å²) >= 11 is 1.07. The molecule has 0 saturated heterocycles. The van der Waals surface area contributed by atoms with Crippen molar-refractivity contribution in [1.82, 2.24) is 9.97 Å². The number of carbonyl (C=O) groups excluding carboxylic acids is 1. The van der Waals surface area contributed by atoms with Gasteiger partial charge in [0.15, 0.2) is 10.8 Å². The second-order valence-electron chi connectivity index (χ2n) is 4.38. The highest BCUT2D eigenvalue weighted by atomic mass is 32.1. The van der Waals surface area contributed by atoms with E-state index in [-0.39, 0.29) is 27.6 Å². The minimum atomic E-state index is -0.660. The molecule has 0 saturated carbocycles. The van der Waals surface area contributed by atoms with E-state index in [0.29, 0.717) is 4.70 Å². The molecule has 0 aliphatic heterocycles. The average Bonchev–Trinajstić information content (AvgIpc) is 2.88. The first kappa shape index (κ1) is 14.3. The van der Waals surface area contributed by atoms with Crippen LogP contribution in [0.4, 0.5) is 13.9 Å². The molecule has 0 bridgehead atoms. The highest BCUT2D eigenvalue weighted by molar-refractivity contribution is 7.22. The van der Waals surface area contributed by atoms with Crippen LogP contribution < -0.4 is 5.73 Å². The Balaban J connectivity index is 2.31. The number of carbonyl (C=O) groups is 1. The number of nitrogens with two attached hydrogens (primary N) is 1. The van der Waals surface area contributed by atoms with E-state index in [9.17, 15) is 13.6 Å². The Labute approximate surface area is 127 Å². The van der Waals surface area contributed by atoms with Gasteiger partial charge in [-0.05, 0) is 24.3 Å². The molecule has 22 heavy (non-hydrogen) atoms.